The van der Waals surface area contributed by atoms with Gasteiger partial charge in [-0.3, -0.25) is 33.6 Å². The molecule has 0 spiro atoms. The summed E-state index contributed by atoms with van der Waals surface area (Å²) in [6.07, 6.45) is -12.1. The maximum absolute atomic E-state index is 12.3. The van der Waals surface area contributed by atoms with E-state index in [0.29, 0.717) is 0 Å². The molecule has 0 bridgehead atoms. The second-order valence-electron chi connectivity index (χ2n) is 9.99. The van der Waals surface area contributed by atoms with E-state index in [1.807, 2.05) is 0 Å². The first-order chi connectivity index (χ1) is 20.5. The molecule has 0 aromatic heterocycles. The average molecular weight is 635 g/mol. The molecule has 18 heteroatoms. The van der Waals surface area contributed by atoms with Crippen LogP contribution < -0.4 is 10.6 Å². The van der Waals surface area contributed by atoms with E-state index in [0.717, 1.165) is 48.5 Å². The van der Waals surface area contributed by atoms with Gasteiger partial charge < -0.3 is 53.6 Å². The van der Waals surface area contributed by atoms with E-state index in [-0.39, 0.29) is 0 Å². The summed E-state index contributed by atoms with van der Waals surface area (Å²) in [5.74, 6) is -5.31. The first kappa shape index (κ1) is 36.3. The van der Waals surface area contributed by atoms with Crippen molar-refractivity contribution in [3.8, 4) is 0 Å². The maximum Gasteiger partial charge on any atom is 0.303 e. The van der Waals surface area contributed by atoms with Crippen LogP contribution in [0.25, 0.3) is 0 Å². The Morgan fingerprint density at radius 2 is 0.977 bits per heavy atom. The second kappa shape index (κ2) is 16.3. The summed E-state index contributed by atoms with van der Waals surface area (Å²) in [5, 5.41) is 15.6. The van der Waals surface area contributed by atoms with E-state index in [2.05, 4.69) is 10.6 Å². The number of carbonyl (C=O) groups excluding carboxylic acids is 7. The Morgan fingerprint density at radius 1 is 0.568 bits per heavy atom. The van der Waals surface area contributed by atoms with Gasteiger partial charge >= 0.3 is 29.8 Å². The van der Waals surface area contributed by atoms with Crippen LogP contribution >= 0.6 is 0 Å². The lowest BCUT2D eigenvalue weighted by molar-refractivity contribution is -0.330. The third-order valence-corrected chi connectivity index (χ3v) is 6.15. The van der Waals surface area contributed by atoms with Crippen molar-refractivity contribution in [3.63, 3.8) is 0 Å². The van der Waals surface area contributed by atoms with E-state index < -0.39 is 116 Å². The van der Waals surface area contributed by atoms with Gasteiger partial charge in [0.1, 0.15) is 43.6 Å². The maximum atomic E-state index is 12.3. The molecule has 2 aliphatic rings. The smallest absolute Gasteiger partial charge is 0.303 e. The highest BCUT2D eigenvalue weighted by molar-refractivity contribution is 5.74. The molecule has 3 N–H and O–H groups in total. The Morgan fingerprint density at radius 3 is 1.41 bits per heavy atom. The van der Waals surface area contributed by atoms with Crippen molar-refractivity contribution < 1.29 is 76.6 Å². The van der Waals surface area contributed by atoms with Crippen molar-refractivity contribution in [2.45, 2.75) is 110 Å². The van der Waals surface area contributed by atoms with Gasteiger partial charge in [0.25, 0.3) is 0 Å². The van der Waals surface area contributed by atoms with Crippen molar-refractivity contribution in [2.75, 3.05) is 13.2 Å². The number of ether oxygens (including phenoxy) is 8. The highest BCUT2D eigenvalue weighted by Gasteiger charge is 2.55. The Labute approximate surface area is 252 Å². The summed E-state index contributed by atoms with van der Waals surface area (Å²) in [7, 11) is 0. The SMILES string of the molecule is CC(=O)N[C@@H]1[C@H](OC(C)=O)[C@H](O[C@@H]2O[C@H](COC(C)=O)[C@@H](OC(C)=O)[C@@H](OC(C)=O)[C@H]2NC(C)=O)[C@@H](COC(C)=O)O[C@H]1O. The fourth-order valence-corrected chi connectivity index (χ4v) is 4.70. The molecule has 248 valence electrons. The van der Waals surface area contributed by atoms with Crippen molar-refractivity contribution in [1.82, 2.24) is 10.6 Å². The van der Waals surface area contributed by atoms with Gasteiger partial charge in [0.05, 0.1) is 0 Å². The number of hydrogen-bond donors (Lipinski definition) is 3. The van der Waals surface area contributed by atoms with Crippen LogP contribution in [0.2, 0.25) is 0 Å². The Hall–Kier alpha value is -3.87. The van der Waals surface area contributed by atoms with E-state index >= 15 is 0 Å². The molecule has 0 aliphatic carbocycles. The predicted molar refractivity (Wildman–Crippen MR) is 140 cm³/mol. The normalized spacial score (nSPS) is 31.5. The molecule has 2 rings (SSSR count). The van der Waals surface area contributed by atoms with Gasteiger partial charge in [-0.15, -0.1) is 0 Å². The summed E-state index contributed by atoms with van der Waals surface area (Å²) >= 11 is 0. The quantitative estimate of drug-likeness (QED) is 0.161. The number of rotatable bonds is 11. The van der Waals surface area contributed by atoms with Crippen LogP contribution in [0.1, 0.15) is 48.5 Å². The molecule has 18 nitrogen and oxygen atoms in total. The molecule has 10 atom stereocenters. The van der Waals surface area contributed by atoms with Crippen LogP contribution in [0.4, 0.5) is 0 Å². The van der Waals surface area contributed by atoms with E-state index in [4.69, 9.17) is 37.9 Å². The Balaban J connectivity index is 2.66. The van der Waals surface area contributed by atoms with Gasteiger partial charge in [0.2, 0.25) is 11.8 Å². The summed E-state index contributed by atoms with van der Waals surface area (Å²) < 4.78 is 44.2. The van der Waals surface area contributed by atoms with Crippen LogP contribution in [0.5, 0.6) is 0 Å². The first-order valence-electron chi connectivity index (χ1n) is 13.5. The van der Waals surface area contributed by atoms with Crippen LogP contribution in [-0.2, 0) is 71.5 Å². The summed E-state index contributed by atoms with van der Waals surface area (Å²) in [6, 6.07) is -2.83. The summed E-state index contributed by atoms with van der Waals surface area (Å²) in [6.45, 7) is 6.58. The highest BCUT2D eigenvalue weighted by atomic mass is 16.7. The highest BCUT2D eigenvalue weighted by Crippen LogP contribution is 2.33. The third kappa shape index (κ3) is 10.7. The van der Waals surface area contributed by atoms with Crippen molar-refractivity contribution in [3.05, 3.63) is 0 Å². The Bertz CT molecular complexity index is 1100. The van der Waals surface area contributed by atoms with Crippen LogP contribution in [0.3, 0.4) is 0 Å². The zero-order valence-electron chi connectivity index (χ0n) is 25.3. The summed E-state index contributed by atoms with van der Waals surface area (Å²) in [4.78, 5) is 83.8. The molecule has 0 radical (unpaired) electrons. The monoisotopic (exact) mass is 634 g/mol. The minimum Gasteiger partial charge on any atom is -0.463 e. The van der Waals surface area contributed by atoms with E-state index in [9.17, 15) is 38.7 Å². The number of nitrogens with one attached hydrogen (secondary N) is 2. The molecule has 0 unspecified atom stereocenters. The third-order valence-electron chi connectivity index (χ3n) is 6.15. The van der Waals surface area contributed by atoms with Gasteiger partial charge in [-0.2, -0.15) is 0 Å². The Kier molecular flexibility index (Phi) is 13.4. The number of amides is 2. The predicted octanol–water partition coefficient (Wildman–Crippen LogP) is -2.26. The lowest BCUT2D eigenvalue weighted by Crippen LogP contribution is -2.70. The molecule has 0 saturated carbocycles. The average Bonchev–Trinajstić information content (AvgIpc) is 2.87. The van der Waals surface area contributed by atoms with Gasteiger partial charge in [-0.05, 0) is 0 Å². The zero-order chi connectivity index (χ0) is 33.3. The standard InChI is InChI=1S/C26H38N2O16/c1-10(29)27-19-23(40-15(6)34)22(17(42-25(19)36)8-37-12(3)31)44-26-20(28-11(2)30)24(41-16(7)35)21(39-14(5)33)18(43-26)9-38-13(4)32/h17-26,36H,8-9H2,1-7H3,(H,27,29)(H,28,30)/t17-,18-,19-,20-,21-,22-,23+,24+,25-,26+/m1/s1. The molecular formula is C26H38N2O16. The number of aliphatic hydroxyl groups excluding tert-OH is 1. The van der Waals surface area contributed by atoms with Crippen LogP contribution in [-0.4, -0.2) is 121 Å². The first-order valence-corrected chi connectivity index (χ1v) is 13.5. The van der Waals surface area contributed by atoms with Crippen LogP contribution in [0.15, 0.2) is 0 Å². The minimum absolute atomic E-state index is 0.531. The molecule has 0 aromatic rings. The van der Waals surface area contributed by atoms with Crippen molar-refractivity contribution in [2.24, 2.45) is 0 Å². The molecule has 2 amide bonds. The summed E-state index contributed by atoms with van der Waals surface area (Å²) in [5.41, 5.74) is 0. The molecule has 2 aliphatic heterocycles. The number of hydrogen-bond acceptors (Lipinski definition) is 16. The largest absolute Gasteiger partial charge is 0.463 e. The molecule has 2 saturated heterocycles. The molecule has 44 heavy (non-hydrogen) atoms. The lowest BCUT2D eigenvalue weighted by Gasteiger charge is -2.49. The van der Waals surface area contributed by atoms with Gasteiger partial charge in [0, 0.05) is 48.5 Å². The second-order valence-corrected chi connectivity index (χ2v) is 9.99. The van der Waals surface area contributed by atoms with Gasteiger partial charge in [0.15, 0.2) is 30.9 Å². The molecular weight excluding hydrogens is 596 g/mol. The number of carbonyl (C=O) groups is 7. The topological polar surface area (TPSA) is 238 Å². The number of aliphatic hydroxyl groups is 1. The number of esters is 5. The molecule has 2 fully saturated rings. The van der Waals surface area contributed by atoms with Crippen LogP contribution in [0, 0.1) is 0 Å². The minimum atomic E-state index is -1.78. The molecule has 2 heterocycles. The molecule has 0 aromatic carbocycles. The van der Waals surface area contributed by atoms with Crippen molar-refractivity contribution >= 4 is 41.7 Å². The van der Waals surface area contributed by atoms with Gasteiger partial charge in [-0.1, -0.05) is 0 Å². The zero-order valence-corrected chi connectivity index (χ0v) is 25.3. The fraction of sp³-hybridized carbons (Fsp3) is 0.731. The van der Waals surface area contributed by atoms with E-state index in [1.54, 1.807) is 0 Å². The lowest BCUT2D eigenvalue weighted by atomic mass is 9.94. The van der Waals surface area contributed by atoms with Crippen molar-refractivity contribution in [1.29, 1.82) is 0 Å². The van der Waals surface area contributed by atoms with Gasteiger partial charge in [-0.25, -0.2) is 0 Å². The fourth-order valence-electron chi connectivity index (χ4n) is 4.70. The van der Waals surface area contributed by atoms with E-state index in [1.165, 1.54) is 0 Å².